The first-order chi connectivity index (χ1) is 10.8. The van der Waals surface area contributed by atoms with Gasteiger partial charge in [-0.1, -0.05) is 0 Å². The van der Waals surface area contributed by atoms with E-state index >= 15 is 0 Å². The minimum absolute atomic E-state index is 0.105. The number of aryl methyl sites for hydroxylation is 2. The second-order valence-corrected chi connectivity index (χ2v) is 7.20. The zero-order valence-electron chi connectivity index (χ0n) is 12.9. The minimum atomic E-state index is -3.58. The van der Waals surface area contributed by atoms with Gasteiger partial charge >= 0.3 is 0 Å². The molecule has 0 saturated carbocycles. The highest BCUT2D eigenvalue weighted by molar-refractivity contribution is 7.89. The molecule has 0 aliphatic carbocycles. The first kappa shape index (κ1) is 15.5. The molecule has 23 heavy (non-hydrogen) atoms. The first-order valence-corrected chi connectivity index (χ1v) is 8.48. The lowest BCUT2D eigenvalue weighted by molar-refractivity contribution is -0.110. The van der Waals surface area contributed by atoms with Gasteiger partial charge in [-0.05, 0) is 56.8 Å². The van der Waals surface area contributed by atoms with Crippen molar-refractivity contribution < 1.29 is 17.6 Å². The molecule has 7 heteroatoms. The molecular weight excluding hydrogens is 316 g/mol. The smallest absolute Gasteiger partial charge is 0.256 e. The van der Waals surface area contributed by atoms with Crippen LogP contribution in [0.4, 0.5) is 5.69 Å². The van der Waals surface area contributed by atoms with Crippen molar-refractivity contribution in [2.24, 2.45) is 0 Å². The Bertz CT molecular complexity index is 919. The van der Waals surface area contributed by atoms with Gasteiger partial charge in [0.2, 0.25) is 10.0 Å². The fourth-order valence-corrected chi connectivity index (χ4v) is 3.17. The summed E-state index contributed by atoms with van der Waals surface area (Å²) in [7, 11) is -2.23. The number of carbonyl (C=O) groups excluding carboxylic acids is 1. The van der Waals surface area contributed by atoms with Crippen LogP contribution in [-0.4, -0.2) is 21.4 Å². The van der Waals surface area contributed by atoms with Crippen LogP contribution in [0.5, 0.6) is 0 Å². The Hall–Kier alpha value is -2.38. The van der Waals surface area contributed by atoms with E-state index in [9.17, 15) is 13.2 Å². The summed E-state index contributed by atoms with van der Waals surface area (Å²) in [5.74, 6) is 1.05. The summed E-state index contributed by atoms with van der Waals surface area (Å²) in [6, 6.07) is 6.35. The second-order valence-electron chi connectivity index (χ2n) is 5.32. The average molecular weight is 332 g/mol. The van der Waals surface area contributed by atoms with Crippen LogP contribution >= 0.6 is 0 Å². The minimum Gasteiger partial charge on any atom is -0.462 e. The lowest BCUT2D eigenvalue weighted by atomic mass is 10.1. The molecule has 0 unspecified atom stereocenters. The predicted molar refractivity (Wildman–Crippen MR) is 87.4 cm³/mol. The Morgan fingerprint density at radius 2 is 1.96 bits per heavy atom. The first-order valence-electron chi connectivity index (χ1n) is 7.00. The normalized spacial score (nSPS) is 15.8. The van der Waals surface area contributed by atoms with Gasteiger partial charge in [-0.15, -0.1) is 0 Å². The van der Waals surface area contributed by atoms with Crippen molar-refractivity contribution >= 4 is 33.3 Å². The van der Waals surface area contributed by atoms with E-state index in [4.69, 9.17) is 4.42 Å². The summed E-state index contributed by atoms with van der Waals surface area (Å²) in [5.41, 5.74) is 2.48. The molecule has 6 nitrogen and oxygen atoms in total. The molecule has 2 N–H and O–H groups in total. The molecule has 120 valence electrons. The van der Waals surface area contributed by atoms with Crippen molar-refractivity contribution in [1.82, 2.24) is 4.72 Å². The van der Waals surface area contributed by atoms with Crippen molar-refractivity contribution in [2.75, 3.05) is 12.4 Å². The lowest BCUT2D eigenvalue weighted by Gasteiger charge is -2.05. The monoisotopic (exact) mass is 332 g/mol. The fraction of sp³-hybridized carbons (Fsp3) is 0.188. The number of furan rings is 1. The van der Waals surface area contributed by atoms with Gasteiger partial charge in [0.15, 0.2) is 0 Å². The molecule has 1 aromatic carbocycles. The van der Waals surface area contributed by atoms with E-state index in [0.717, 1.165) is 11.3 Å². The number of fused-ring (bicyclic) bond motifs is 1. The second kappa shape index (κ2) is 5.36. The SMILES string of the molecule is CNS(=O)(=O)c1ccc2c(c1)C(=Cc1cc(C)c(C)o1)C(=O)N2. The van der Waals surface area contributed by atoms with Gasteiger partial charge in [0.05, 0.1) is 10.5 Å². The van der Waals surface area contributed by atoms with Crippen molar-refractivity contribution in [3.63, 3.8) is 0 Å². The number of nitrogens with one attached hydrogen (secondary N) is 2. The van der Waals surface area contributed by atoms with Gasteiger partial charge in [0, 0.05) is 11.3 Å². The van der Waals surface area contributed by atoms with E-state index in [1.807, 2.05) is 19.9 Å². The van der Waals surface area contributed by atoms with Crippen LogP contribution < -0.4 is 10.0 Å². The maximum atomic E-state index is 12.2. The number of amides is 1. The molecular formula is C16H16N2O4S. The van der Waals surface area contributed by atoms with Crippen LogP contribution in [-0.2, 0) is 14.8 Å². The molecule has 1 aliphatic rings. The van der Waals surface area contributed by atoms with E-state index in [0.29, 0.717) is 22.6 Å². The molecule has 1 amide bonds. The number of anilines is 1. The topological polar surface area (TPSA) is 88.4 Å². The molecule has 0 radical (unpaired) electrons. The maximum Gasteiger partial charge on any atom is 0.256 e. The number of hydrogen-bond acceptors (Lipinski definition) is 4. The Morgan fingerprint density at radius 1 is 1.22 bits per heavy atom. The van der Waals surface area contributed by atoms with Crippen LogP contribution in [0.3, 0.4) is 0 Å². The number of benzene rings is 1. The quantitative estimate of drug-likeness (QED) is 0.844. The van der Waals surface area contributed by atoms with Crippen LogP contribution in [0.25, 0.3) is 11.6 Å². The molecule has 3 rings (SSSR count). The third-order valence-corrected chi connectivity index (χ3v) is 5.24. The molecule has 1 aromatic heterocycles. The Labute approximate surface area is 134 Å². The highest BCUT2D eigenvalue weighted by Gasteiger charge is 2.26. The van der Waals surface area contributed by atoms with Gasteiger partial charge < -0.3 is 9.73 Å². The highest BCUT2D eigenvalue weighted by Crippen LogP contribution is 2.35. The molecule has 0 spiro atoms. The molecule has 2 aromatic rings. The molecule has 0 saturated heterocycles. The van der Waals surface area contributed by atoms with E-state index in [1.54, 1.807) is 12.1 Å². The van der Waals surface area contributed by atoms with E-state index < -0.39 is 10.0 Å². The number of rotatable bonds is 3. The van der Waals surface area contributed by atoms with Crippen LogP contribution in [0.2, 0.25) is 0 Å². The summed E-state index contributed by atoms with van der Waals surface area (Å²) in [4.78, 5) is 12.3. The van der Waals surface area contributed by atoms with Gasteiger partial charge in [-0.25, -0.2) is 13.1 Å². The molecule has 0 atom stereocenters. The maximum absolute atomic E-state index is 12.2. The van der Waals surface area contributed by atoms with E-state index in [2.05, 4.69) is 10.0 Å². The van der Waals surface area contributed by atoms with Crippen molar-refractivity contribution in [3.8, 4) is 0 Å². The summed E-state index contributed by atoms with van der Waals surface area (Å²) in [6.07, 6.45) is 1.62. The third-order valence-electron chi connectivity index (χ3n) is 3.82. The summed E-state index contributed by atoms with van der Waals surface area (Å²) in [5, 5.41) is 2.72. The molecule has 1 aliphatic heterocycles. The predicted octanol–water partition coefficient (Wildman–Crippen LogP) is 2.30. The summed E-state index contributed by atoms with van der Waals surface area (Å²) >= 11 is 0. The standard InChI is InChI=1S/C16H16N2O4S/c1-9-6-11(22-10(9)2)7-14-13-8-12(23(20,21)17-3)4-5-15(13)18-16(14)19/h4-8,17H,1-3H3,(H,18,19). The largest absolute Gasteiger partial charge is 0.462 e. The van der Waals surface area contributed by atoms with Crippen molar-refractivity contribution in [1.29, 1.82) is 0 Å². The molecule has 0 fully saturated rings. The molecule has 0 bridgehead atoms. The number of carbonyl (C=O) groups is 1. The van der Waals surface area contributed by atoms with Gasteiger partial charge in [0.25, 0.3) is 5.91 Å². The Balaban J connectivity index is 2.12. The Morgan fingerprint density at radius 3 is 2.57 bits per heavy atom. The fourth-order valence-electron chi connectivity index (χ4n) is 2.41. The number of hydrogen-bond donors (Lipinski definition) is 2. The van der Waals surface area contributed by atoms with E-state index in [-0.39, 0.29) is 10.8 Å². The highest BCUT2D eigenvalue weighted by atomic mass is 32.2. The van der Waals surface area contributed by atoms with Crippen LogP contribution in [0, 0.1) is 13.8 Å². The van der Waals surface area contributed by atoms with Gasteiger partial charge in [0.1, 0.15) is 11.5 Å². The van der Waals surface area contributed by atoms with Crippen molar-refractivity contribution in [2.45, 2.75) is 18.7 Å². The van der Waals surface area contributed by atoms with Crippen LogP contribution in [0.1, 0.15) is 22.6 Å². The average Bonchev–Trinajstić information content (AvgIpc) is 2.99. The third kappa shape index (κ3) is 2.69. The van der Waals surface area contributed by atoms with Gasteiger partial charge in [-0.3, -0.25) is 4.79 Å². The Kier molecular flexibility index (Phi) is 3.62. The van der Waals surface area contributed by atoms with E-state index in [1.165, 1.54) is 19.2 Å². The van der Waals surface area contributed by atoms with Crippen molar-refractivity contribution in [3.05, 3.63) is 46.9 Å². The molecule has 2 heterocycles. The summed E-state index contributed by atoms with van der Waals surface area (Å²) in [6.45, 7) is 3.76. The lowest BCUT2D eigenvalue weighted by Crippen LogP contribution is -2.18. The van der Waals surface area contributed by atoms with Crippen LogP contribution in [0.15, 0.2) is 33.6 Å². The zero-order chi connectivity index (χ0) is 16.8. The summed E-state index contributed by atoms with van der Waals surface area (Å²) < 4.78 is 31.7. The zero-order valence-corrected chi connectivity index (χ0v) is 13.7. The van der Waals surface area contributed by atoms with Gasteiger partial charge in [-0.2, -0.15) is 0 Å². The number of sulfonamides is 1.